The number of hydrogen-bond donors (Lipinski definition) is 1. The topological polar surface area (TPSA) is 15.3 Å². The fourth-order valence-electron chi connectivity index (χ4n) is 2.82. The summed E-state index contributed by atoms with van der Waals surface area (Å²) in [6, 6.07) is 1.49. The second-order valence-corrected chi connectivity index (χ2v) is 5.57. The van der Waals surface area contributed by atoms with Crippen molar-refractivity contribution in [3.8, 4) is 0 Å². The molecular formula is C15H32N2. The van der Waals surface area contributed by atoms with Crippen LogP contribution < -0.4 is 5.32 Å². The van der Waals surface area contributed by atoms with Crippen molar-refractivity contribution in [3.63, 3.8) is 0 Å². The molecule has 1 atom stereocenters. The zero-order chi connectivity index (χ0) is 12.5. The van der Waals surface area contributed by atoms with Gasteiger partial charge < -0.3 is 5.32 Å². The van der Waals surface area contributed by atoms with Gasteiger partial charge in [-0.1, -0.05) is 39.5 Å². The van der Waals surface area contributed by atoms with Gasteiger partial charge in [0.1, 0.15) is 0 Å². The third-order valence-electron chi connectivity index (χ3n) is 4.14. The summed E-state index contributed by atoms with van der Waals surface area (Å²) in [5.74, 6) is 0. The van der Waals surface area contributed by atoms with Gasteiger partial charge in [-0.3, -0.25) is 4.90 Å². The Labute approximate surface area is 108 Å². The summed E-state index contributed by atoms with van der Waals surface area (Å²) in [6.07, 6.45) is 9.74. The van der Waals surface area contributed by atoms with Crippen LogP contribution in [0.5, 0.6) is 0 Å². The molecule has 0 radical (unpaired) electrons. The maximum absolute atomic E-state index is 3.77. The van der Waals surface area contributed by atoms with Crippen molar-refractivity contribution >= 4 is 0 Å². The van der Waals surface area contributed by atoms with E-state index in [2.05, 4.69) is 31.0 Å². The third kappa shape index (κ3) is 5.87. The molecule has 1 saturated carbocycles. The average Bonchev–Trinajstić information content (AvgIpc) is 2.38. The average molecular weight is 240 g/mol. The molecule has 1 rings (SSSR count). The molecule has 0 aliphatic heterocycles. The molecule has 1 unspecified atom stereocenters. The van der Waals surface area contributed by atoms with Gasteiger partial charge in [-0.25, -0.2) is 0 Å². The van der Waals surface area contributed by atoms with E-state index in [1.54, 1.807) is 0 Å². The molecule has 0 saturated heterocycles. The Kier molecular flexibility index (Phi) is 7.87. The van der Waals surface area contributed by atoms with Crippen molar-refractivity contribution in [2.45, 2.75) is 77.8 Å². The van der Waals surface area contributed by atoms with E-state index >= 15 is 0 Å². The normalized spacial score (nSPS) is 19.8. The molecule has 102 valence electrons. The third-order valence-corrected chi connectivity index (χ3v) is 4.14. The van der Waals surface area contributed by atoms with Gasteiger partial charge in [0.15, 0.2) is 0 Å². The van der Waals surface area contributed by atoms with Crippen molar-refractivity contribution in [2.24, 2.45) is 0 Å². The minimum Gasteiger partial charge on any atom is -0.312 e. The molecule has 0 aromatic carbocycles. The molecule has 0 aromatic heterocycles. The Morgan fingerprint density at radius 1 is 1.18 bits per heavy atom. The maximum atomic E-state index is 3.77. The van der Waals surface area contributed by atoms with Gasteiger partial charge in [-0.05, 0) is 39.3 Å². The van der Waals surface area contributed by atoms with Crippen LogP contribution in [0.1, 0.15) is 65.7 Å². The first-order valence-electron chi connectivity index (χ1n) is 7.75. The van der Waals surface area contributed by atoms with Gasteiger partial charge in [-0.2, -0.15) is 0 Å². The fraction of sp³-hybridized carbons (Fsp3) is 1.00. The van der Waals surface area contributed by atoms with Crippen LogP contribution in [0.25, 0.3) is 0 Å². The van der Waals surface area contributed by atoms with Gasteiger partial charge in [0, 0.05) is 18.6 Å². The van der Waals surface area contributed by atoms with Gasteiger partial charge in [0.05, 0.1) is 0 Å². The Morgan fingerprint density at radius 3 is 2.47 bits per heavy atom. The summed E-state index contributed by atoms with van der Waals surface area (Å²) in [5, 5.41) is 3.77. The van der Waals surface area contributed by atoms with Gasteiger partial charge in [0.2, 0.25) is 0 Å². The lowest BCUT2D eigenvalue weighted by molar-refractivity contribution is 0.202. The minimum absolute atomic E-state index is 0.688. The molecule has 0 spiro atoms. The number of nitrogens with zero attached hydrogens (tertiary/aromatic N) is 1. The zero-order valence-corrected chi connectivity index (χ0v) is 12.2. The lowest BCUT2D eigenvalue weighted by Crippen LogP contribution is -2.44. The van der Waals surface area contributed by atoms with Crippen LogP contribution in [0.4, 0.5) is 0 Å². The van der Waals surface area contributed by atoms with E-state index in [9.17, 15) is 0 Å². The predicted octanol–water partition coefficient (Wildman–Crippen LogP) is 3.42. The van der Waals surface area contributed by atoms with Crippen LogP contribution in [-0.4, -0.2) is 36.6 Å². The van der Waals surface area contributed by atoms with Crippen molar-refractivity contribution in [3.05, 3.63) is 0 Å². The number of likely N-dealkylation sites (N-methyl/N-ethyl adjacent to an activating group) is 1. The number of rotatable bonds is 8. The fourth-order valence-corrected chi connectivity index (χ4v) is 2.82. The Bertz CT molecular complexity index is 176. The molecule has 0 bridgehead atoms. The second kappa shape index (κ2) is 8.93. The van der Waals surface area contributed by atoms with E-state index < -0.39 is 0 Å². The van der Waals surface area contributed by atoms with Gasteiger partial charge in [0.25, 0.3) is 0 Å². The van der Waals surface area contributed by atoms with Gasteiger partial charge in [-0.15, -0.1) is 0 Å². The standard InChI is InChI=1S/C15H32N2/c1-4-6-12-17(5-2)14(3)13-16-15-10-8-7-9-11-15/h14-16H,4-13H2,1-3H3. The largest absolute Gasteiger partial charge is 0.312 e. The van der Waals surface area contributed by atoms with Crippen LogP contribution in [0.3, 0.4) is 0 Å². The van der Waals surface area contributed by atoms with Crippen molar-refractivity contribution < 1.29 is 0 Å². The molecule has 17 heavy (non-hydrogen) atoms. The highest BCUT2D eigenvalue weighted by Crippen LogP contribution is 2.17. The summed E-state index contributed by atoms with van der Waals surface area (Å²) in [4.78, 5) is 2.61. The quantitative estimate of drug-likeness (QED) is 0.699. The molecule has 2 nitrogen and oxygen atoms in total. The zero-order valence-electron chi connectivity index (χ0n) is 12.2. The van der Waals surface area contributed by atoms with Crippen LogP contribution in [0.15, 0.2) is 0 Å². The van der Waals surface area contributed by atoms with E-state index in [-0.39, 0.29) is 0 Å². The molecule has 2 heteroatoms. The van der Waals surface area contributed by atoms with Gasteiger partial charge >= 0.3 is 0 Å². The van der Waals surface area contributed by atoms with E-state index in [4.69, 9.17) is 0 Å². The summed E-state index contributed by atoms with van der Waals surface area (Å²) in [5.41, 5.74) is 0. The van der Waals surface area contributed by atoms with Crippen LogP contribution in [0.2, 0.25) is 0 Å². The summed E-state index contributed by atoms with van der Waals surface area (Å²) in [6.45, 7) is 10.6. The highest BCUT2D eigenvalue weighted by atomic mass is 15.2. The van der Waals surface area contributed by atoms with Crippen molar-refractivity contribution in [1.29, 1.82) is 0 Å². The molecule has 0 heterocycles. The molecule has 0 aromatic rings. The molecule has 0 amide bonds. The molecular weight excluding hydrogens is 208 g/mol. The number of nitrogens with one attached hydrogen (secondary N) is 1. The molecule has 1 aliphatic rings. The second-order valence-electron chi connectivity index (χ2n) is 5.57. The predicted molar refractivity (Wildman–Crippen MR) is 76.5 cm³/mol. The Hall–Kier alpha value is -0.0800. The first-order valence-corrected chi connectivity index (χ1v) is 7.75. The summed E-state index contributed by atoms with van der Waals surface area (Å²) < 4.78 is 0. The highest BCUT2D eigenvalue weighted by Gasteiger charge is 2.16. The molecule has 1 fully saturated rings. The first-order chi connectivity index (χ1) is 8.27. The smallest absolute Gasteiger partial charge is 0.0192 e. The van der Waals surface area contributed by atoms with E-state index in [0.717, 1.165) is 6.04 Å². The molecule has 1 N–H and O–H groups in total. The van der Waals surface area contributed by atoms with Crippen molar-refractivity contribution in [1.82, 2.24) is 10.2 Å². The van der Waals surface area contributed by atoms with Crippen LogP contribution in [0, 0.1) is 0 Å². The number of unbranched alkanes of at least 4 members (excludes halogenated alkanes) is 1. The van der Waals surface area contributed by atoms with Crippen LogP contribution >= 0.6 is 0 Å². The summed E-state index contributed by atoms with van der Waals surface area (Å²) in [7, 11) is 0. The van der Waals surface area contributed by atoms with E-state index in [1.807, 2.05) is 0 Å². The minimum atomic E-state index is 0.688. The van der Waals surface area contributed by atoms with Crippen molar-refractivity contribution in [2.75, 3.05) is 19.6 Å². The van der Waals surface area contributed by atoms with E-state index in [1.165, 1.54) is 64.6 Å². The SMILES string of the molecule is CCCCN(CC)C(C)CNC1CCCCC1. The van der Waals surface area contributed by atoms with Crippen LogP contribution in [-0.2, 0) is 0 Å². The van der Waals surface area contributed by atoms with E-state index in [0.29, 0.717) is 6.04 Å². The maximum Gasteiger partial charge on any atom is 0.0192 e. The number of hydrogen-bond acceptors (Lipinski definition) is 2. The monoisotopic (exact) mass is 240 g/mol. The lowest BCUT2D eigenvalue weighted by atomic mass is 9.95. The summed E-state index contributed by atoms with van der Waals surface area (Å²) >= 11 is 0. The Morgan fingerprint density at radius 2 is 1.88 bits per heavy atom. The molecule has 1 aliphatic carbocycles. The lowest BCUT2D eigenvalue weighted by Gasteiger charge is -2.31. The Balaban J connectivity index is 2.18. The highest BCUT2D eigenvalue weighted by molar-refractivity contribution is 4.76. The first kappa shape index (κ1) is 15.0.